The maximum Gasteiger partial charge on any atom is 0.316 e. The number of halogens is 2. The summed E-state index contributed by atoms with van der Waals surface area (Å²) >= 11 is 1.87. The SMILES string of the molecule is Cc1cc2nc(-c3ccc(-c4cnc(OC5CCC(CC(=O)I)CC5)nc4)cc3F)[nH]c2cc1C. The summed E-state index contributed by atoms with van der Waals surface area (Å²) in [4.78, 5) is 27.8. The second kappa shape index (κ2) is 10.0. The van der Waals surface area contributed by atoms with Crippen molar-refractivity contribution in [3.05, 3.63) is 59.7 Å². The van der Waals surface area contributed by atoms with Gasteiger partial charge >= 0.3 is 6.01 Å². The highest BCUT2D eigenvalue weighted by Gasteiger charge is 2.24. The molecule has 0 amide bonds. The van der Waals surface area contributed by atoms with Gasteiger partial charge in [-0.2, -0.15) is 0 Å². The largest absolute Gasteiger partial charge is 0.460 e. The van der Waals surface area contributed by atoms with Gasteiger partial charge < -0.3 is 9.72 Å². The zero-order valence-electron chi connectivity index (χ0n) is 19.6. The zero-order valence-corrected chi connectivity index (χ0v) is 21.8. The van der Waals surface area contributed by atoms with E-state index < -0.39 is 0 Å². The van der Waals surface area contributed by atoms with Crippen molar-refractivity contribution >= 4 is 37.4 Å². The highest BCUT2D eigenvalue weighted by molar-refractivity contribution is 14.1. The summed E-state index contributed by atoms with van der Waals surface area (Å²) in [6.07, 6.45) is 7.77. The Morgan fingerprint density at radius 1 is 1.06 bits per heavy atom. The quantitative estimate of drug-likeness (QED) is 0.201. The summed E-state index contributed by atoms with van der Waals surface area (Å²) in [7, 11) is 0. The minimum absolute atomic E-state index is 0.0644. The number of nitrogens with zero attached hydrogens (tertiary/aromatic N) is 3. The molecular weight excluding hydrogens is 558 g/mol. The maximum atomic E-state index is 15.1. The Morgan fingerprint density at radius 3 is 2.46 bits per heavy atom. The highest BCUT2D eigenvalue weighted by atomic mass is 127. The van der Waals surface area contributed by atoms with Crippen LogP contribution in [0.3, 0.4) is 0 Å². The van der Waals surface area contributed by atoms with Crippen molar-refractivity contribution in [3.63, 3.8) is 0 Å². The van der Waals surface area contributed by atoms with Crippen molar-refractivity contribution in [2.45, 2.75) is 52.1 Å². The van der Waals surface area contributed by atoms with Gasteiger partial charge in [0.2, 0.25) is 0 Å². The molecule has 0 saturated heterocycles. The van der Waals surface area contributed by atoms with E-state index in [1.807, 2.05) is 54.6 Å². The van der Waals surface area contributed by atoms with E-state index in [9.17, 15) is 4.79 Å². The molecule has 1 aliphatic carbocycles. The number of rotatable bonds is 6. The second-order valence-corrected chi connectivity index (χ2v) is 10.5. The van der Waals surface area contributed by atoms with E-state index in [0.717, 1.165) is 47.8 Å². The number of ether oxygens (including phenoxy) is 1. The molecule has 1 aliphatic rings. The van der Waals surface area contributed by atoms with Gasteiger partial charge in [-0.3, -0.25) is 4.79 Å². The number of fused-ring (bicyclic) bond motifs is 1. The molecule has 0 bridgehead atoms. The van der Waals surface area contributed by atoms with Crippen LogP contribution >= 0.6 is 22.6 Å². The Bertz CT molecular complexity index is 1340. The first-order valence-electron chi connectivity index (χ1n) is 11.8. The van der Waals surface area contributed by atoms with Crippen LogP contribution < -0.4 is 4.74 Å². The Balaban J connectivity index is 1.27. The number of imidazole rings is 1. The highest BCUT2D eigenvalue weighted by Crippen LogP contribution is 2.31. The number of carbonyl (C=O) groups is 1. The fourth-order valence-corrected chi connectivity index (χ4v) is 5.26. The van der Waals surface area contributed by atoms with Gasteiger partial charge in [-0.05, 0) is 109 Å². The fraction of sp³-hybridized carbons (Fsp3) is 0.333. The van der Waals surface area contributed by atoms with Gasteiger partial charge in [-0.15, -0.1) is 0 Å². The van der Waals surface area contributed by atoms with Crippen LogP contribution in [0, 0.1) is 25.6 Å². The third kappa shape index (κ3) is 5.37. The molecule has 2 heterocycles. The number of H-pyrrole nitrogens is 1. The maximum absolute atomic E-state index is 15.1. The van der Waals surface area contributed by atoms with E-state index in [4.69, 9.17) is 4.74 Å². The molecule has 6 nitrogen and oxygen atoms in total. The molecule has 0 spiro atoms. The fourth-order valence-electron chi connectivity index (χ4n) is 4.64. The van der Waals surface area contributed by atoms with E-state index in [1.165, 1.54) is 6.07 Å². The Hall–Kier alpha value is -2.88. The number of hydrogen-bond acceptors (Lipinski definition) is 5. The van der Waals surface area contributed by atoms with E-state index in [1.54, 1.807) is 18.5 Å². The first kappa shape index (κ1) is 23.8. The lowest BCUT2D eigenvalue weighted by Gasteiger charge is -2.27. The normalized spacial score (nSPS) is 18.1. The van der Waals surface area contributed by atoms with Gasteiger partial charge in [0, 0.05) is 24.4 Å². The molecule has 0 aliphatic heterocycles. The number of aromatic amines is 1. The Morgan fingerprint density at radius 2 is 1.77 bits per heavy atom. The molecule has 35 heavy (non-hydrogen) atoms. The molecule has 0 unspecified atom stereocenters. The minimum Gasteiger partial charge on any atom is -0.460 e. The van der Waals surface area contributed by atoms with Gasteiger partial charge in [0.25, 0.3) is 0 Å². The predicted octanol–water partition coefficient (Wildman–Crippen LogP) is 6.73. The van der Waals surface area contributed by atoms with Crippen molar-refractivity contribution in [3.8, 4) is 28.5 Å². The van der Waals surface area contributed by atoms with Crippen LogP contribution in [0.2, 0.25) is 0 Å². The monoisotopic (exact) mass is 584 g/mol. The van der Waals surface area contributed by atoms with Gasteiger partial charge in [-0.25, -0.2) is 19.3 Å². The second-order valence-electron chi connectivity index (χ2n) is 9.31. The van der Waals surface area contributed by atoms with Gasteiger partial charge in [0.05, 0.1) is 16.6 Å². The molecule has 0 atom stereocenters. The van der Waals surface area contributed by atoms with Crippen LogP contribution in [0.4, 0.5) is 4.39 Å². The summed E-state index contributed by atoms with van der Waals surface area (Å²) < 4.78 is 21.2. The third-order valence-corrected chi connectivity index (χ3v) is 7.24. The van der Waals surface area contributed by atoms with E-state index in [0.29, 0.717) is 40.9 Å². The first-order chi connectivity index (χ1) is 16.9. The Kier molecular flexibility index (Phi) is 6.82. The lowest BCUT2D eigenvalue weighted by molar-refractivity contribution is -0.110. The van der Waals surface area contributed by atoms with Crippen molar-refractivity contribution in [1.82, 2.24) is 19.9 Å². The average molecular weight is 584 g/mol. The number of carbonyl (C=O) groups excluding carboxylic acids is 1. The van der Waals surface area contributed by atoms with Crippen LogP contribution in [-0.2, 0) is 4.79 Å². The van der Waals surface area contributed by atoms with Crippen molar-refractivity contribution in [2.75, 3.05) is 0 Å². The van der Waals surface area contributed by atoms with Crippen LogP contribution in [-0.4, -0.2) is 29.8 Å². The number of benzene rings is 2. The molecule has 1 N–H and O–H groups in total. The van der Waals surface area contributed by atoms with Crippen molar-refractivity contribution in [1.29, 1.82) is 0 Å². The molecule has 5 rings (SSSR count). The van der Waals surface area contributed by atoms with Crippen LogP contribution in [0.1, 0.15) is 43.2 Å². The lowest BCUT2D eigenvalue weighted by atomic mass is 9.86. The number of nitrogens with one attached hydrogen (secondary N) is 1. The molecule has 4 aromatic rings. The molecular formula is C27H26FIN4O2. The number of aryl methyl sites for hydroxylation is 2. The molecule has 2 aromatic carbocycles. The summed E-state index contributed by atoms with van der Waals surface area (Å²) in [5.74, 6) is 0.594. The molecule has 0 radical (unpaired) electrons. The number of aromatic nitrogens is 4. The van der Waals surface area contributed by atoms with Crippen molar-refractivity contribution < 1.29 is 13.9 Å². The summed E-state index contributed by atoms with van der Waals surface area (Å²) in [6, 6.07) is 9.42. The lowest BCUT2D eigenvalue weighted by Crippen LogP contribution is -2.25. The molecule has 180 valence electrons. The molecule has 1 saturated carbocycles. The Labute approximate surface area is 216 Å². The minimum atomic E-state index is -0.364. The zero-order chi connectivity index (χ0) is 24.5. The molecule has 2 aromatic heterocycles. The standard InChI is InChI=1S/C27H26FIN4O2/c1-15-9-23-24(10-16(15)2)33-26(32-23)21-8-5-18(12-22(21)28)19-13-30-27(31-14-19)35-20-6-3-17(4-7-20)11-25(29)34/h5,8-10,12-14,17,20H,3-4,6-7,11H2,1-2H3,(H,32,33). The summed E-state index contributed by atoms with van der Waals surface area (Å²) in [5.41, 5.74) is 5.84. The van der Waals surface area contributed by atoms with Crippen LogP contribution in [0.15, 0.2) is 42.7 Å². The number of hydrogen-bond donors (Lipinski definition) is 1. The van der Waals surface area contributed by atoms with E-state index in [-0.39, 0.29) is 15.7 Å². The molecule has 1 fully saturated rings. The van der Waals surface area contributed by atoms with Gasteiger partial charge in [-0.1, -0.05) is 6.07 Å². The third-order valence-electron chi connectivity index (χ3n) is 6.80. The summed E-state index contributed by atoms with van der Waals surface area (Å²) in [5, 5.41) is 0. The smallest absolute Gasteiger partial charge is 0.316 e. The average Bonchev–Trinajstić information content (AvgIpc) is 3.23. The first-order valence-corrected chi connectivity index (χ1v) is 12.9. The predicted molar refractivity (Wildman–Crippen MR) is 142 cm³/mol. The van der Waals surface area contributed by atoms with E-state index >= 15 is 4.39 Å². The molecule has 8 heteroatoms. The van der Waals surface area contributed by atoms with Crippen LogP contribution in [0.5, 0.6) is 6.01 Å². The van der Waals surface area contributed by atoms with Crippen molar-refractivity contribution in [2.24, 2.45) is 5.92 Å². The van der Waals surface area contributed by atoms with Gasteiger partial charge in [0.15, 0.2) is 3.79 Å². The van der Waals surface area contributed by atoms with Crippen LogP contribution in [0.25, 0.3) is 33.5 Å². The van der Waals surface area contributed by atoms with E-state index in [2.05, 4.69) is 19.9 Å². The topological polar surface area (TPSA) is 80.8 Å². The summed E-state index contributed by atoms with van der Waals surface area (Å²) in [6.45, 7) is 4.09. The van der Waals surface area contributed by atoms with Gasteiger partial charge in [0.1, 0.15) is 17.7 Å².